The zero-order chi connectivity index (χ0) is 19.7. The summed E-state index contributed by atoms with van der Waals surface area (Å²) in [6.45, 7) is 4.41. The molecule has 7 heteroatoms. The number of halogens is 2. The molecule has 0 unspecified atom stereocenters. The van der Waals surface area contributed by atoms with Gasteiger partial charge in [-0.3, -0.25) is 14.4 Å². The van der Waals surface area contributed by atoms with E-state index in [0.717, 1.165) is 50.2 Å². The van der Waals surface area contributed by atoms with Crippen LogP contribution in [0.25, 0.3) is 0 Å². The fourth-order valence-corrected chi connectivity index (χ4v) is 3.89. The number of nitrogens with one attached hydrogen (secondary N) is 1. The fourth-order valence-electron chi connectivity index (χ4n) is 3.89. The Balaban J connectivity index is 1.42. The van der Waals surface area contributed by atoms with Crippen molar-refractivity contribution in [1.82, 2.24) is 20.0 Å². The van der Waals surface area contributed by atoms with E-state index in [2.05, 4.69) is 15.3 Å². The van der Waals surface area contributed by atoms with E-state index in [9.17, 15) is 13.6 Å². The molecule has 1 aromatic heterocycles. The van der Waals surface area contributed by atoms with E-state index in [1.807, 2.05) is 10.7 Å². The van der Waals surface area contributed by atoms with Crippen molar-refractivity contribution in [3.63, 3.8) is 0 Å². The second kappa shape index (κ2) is 7.99. The number of rotatable bonds is 5. The molecular formula is C21H26F2N4O. The first-order chi connectivity index (χ1) is 13.5. The first-order valence-corrected chi connectivity index (χ1v) is 10.0. The number of fused-ring (bicyclic) bond motifs is 1. The first kappa shape index (κ1) is 19.1. The molecule has 2 aliphatic rings. The number of benzene rings is 1. The van der Waals surface area contributed by atoms with Crippen LogP contribution >= 0.6 is 0 Å². The molecule has 28 heavy (non-hydrogen) atoms. The molecule has 2 heterocycles. The predicted octanol–water partition coefficient (Wildman–Crippen LogP) is 3.29. The molecule has 0 radical (unpaired) electrons. The maximum atomic E-state index is 14.4. The van der Waals surface area contributed by atoms with E-state index < -0.39 is 11.6 Å². The van der Waals surface area contributed by atoms with Gasteiger partial charge in [0.25, 0.3) is 0 Å². The third-order valence-corrected chi connectivity index (χ3v) is 5.82. The van der Waals surface area contributed by atoms with Crippen LogP contribution in [0.15, 0.2) is 18.2 Å². The second-order valence-corrected chi connectivity index (χ2v) is 7.92. The minimum Gasteiger partial charge on any atom is -0.350 e. The highest BCUT2D eigenvalue weighted by Gasteiger charge is 2.25. The van der Waals surface area contributed by atoms with Crippen molar-refractivity contribution < 1.29 is 13.6 Å². The van der Waals surface area contributed by atoms with Gasteiger partial charge in [0.1, 0.15) is 11.6 Å². The van der Waals surface area contributed by atoms with Gasteiger partial charge in [0.15, 0.2) is 0 Å². The number of carbonyl (C=O) groups excluding carboxylic acids is 1. The van der Waals surface area contributed by atoms with Crippen LogP contribution in [-0.2, 0) is 31.0 Å². The minimum absolute atomic E-state index is 0.112. The van der Waals surface area contributed by atoms with Gasteiger partial charge in [-0.15, -0.1) is 0 Å². The van der Waals surface area contributed by atoms with Crippen molar-refractivity contribution in [1.29, 1.82) is 0 Å². The molecular weight excluding hydrogens is 362 g/mol. The highest BCUT2D eigenvalue weighted by molar-refractivity contribution is 5.79. The normalized spacial score (nSPS) is 17.7. The molecule has 150 valence electrons. The number of hydrogen-bond acceptors (Lipinski definition) is 3. The molecule has 1 aromatic carbocycles. The zero-order valence-corrected chi connectivity index (χ0v) is 16.2. The highest BCUT2D eigenvalue weighted by atomic mass is 19.1. The molecule has 1 fully saturated rings. The Labute approximate surface area is 163 Å². The van der Waals surface area contributed by atoms with Gasteiger partial charge in [-0.2, -0.15) is 5.10 Å². The van der Waals surface area contributed by atoms with Gasteiger partial charge in [-0.1, -0.05) is 12.5 Å². The summed E-state index contributed by atoms with van der Waals surface area (Å²) in [5.74, 6) is -0.686. The van der Waals surface area contributed by atoms with Crippen molar-refractivity contribution in [2.75, 3.05) is 6.54 Å². The van der Waals surface area contributed by atoms with Crippen LogP contribution in [-0.4, -0.2) is 27.1 Å². The Hall–Kier alpha value is -2.28. The molecule has 1 saturated carbocycles. The Kier molecular flexibility index (Phi) is 5.44. The van der Waals surface area contributed by atoms with E-state index >= 15 is 0 Å². The van der Waals surface area contributed by atoms with Crippen molar-refractivity contribution >= 4 is 5.91 Å². The molecule has 1 aliphatic carbocycles. The zero-order valence-electron chi connectivity index (χ0n) is 16.2. The molecule has 2 aromatic rings. The lowest BCUT2D eigenvalue weighted by Crippen LogP contribution is -2.34. The van der Waals surface area contributed by atoms with Crippen LogP contribution in [0.2, 0.25) is 0 Å². The van der Waals surface area contributed by atoms with E-state index in [4.69, 9.17) is 0 Å². The Morgan fingerprint density at radius 1 is 1.25 bits per heavy atom. The number of carbonyl (C=O) groups is 1. The summed E-state index contributed by atoms with van der Waals surface area (Å²) in [6.07, 6.45) is 3.95. The Morgan fingerprint density at radius 2 is 2.07 bits per heavy atom. The van der Waals surface area contributed by atoms with Gasteiger partial charge < -0.3 is 5.32 Å². The van der Waals surface area contributed by atoms with Crippen LogP contribution in [0.3, 0.4) is 0 Å². The van der Waals surface area contributed by atoms with Crippen LogP contribution in [0.4, 0.5) is 8.78 Å². The average molecular weight is 388 g/mol. The van der Waals surface area contributed by atoms with Crippen LogP contribution in [0.5, 0.6) is 0 Å². The van der Waals surface area contributed by atoms with Crippen molar-refractivity contribution in [2.24, 2.45) is 5.92 Å². The quantitative estimate of drug-likeness (QED) is 0.855. The maximum Gasteiger partial charge on any atom is 0.223 e. The first-order valence-electron chi connectivity index (χ1n) is 10.0. The molecule has 1 aliphatic heterocycles. The van der Waals surface area contributed by atoms with Crippen molar-refractivity contribution in [3.05, 3.63) is 52.3 Å². The lowest BCUT2D eigenvalue weighted by molar-refractivity contribution is -0.127. The number of nitrogens with zero attached hydrogens (tertiary/aromatic N) is 3. The minimum atomic E-state index is -0.500. The van der Waals surface area contributed by atoms with Crippen molar-refractivity contribution in [2.45, 2.75) is 58.8 Å². The summed E-state index contributed by atoms with van der Waals surface area (Å²) in [6, 6.07) is 4.79. The van der Waals surface area contributed by atoms with E-state index in [0.29, 0.717) is 18.7 Å². The third kappa shape index (κ3) is 3.94. The second-order valence-electron chi connectivity index (χ2n) is 7.92. The van der Waals surface area contributed by atoms with Gasteiger partial charge in [-0.25, -0.2) is 8.78 Å². The summed E-state index contributed by atoms with van der Waals surface area (Å²) in [5.41, 5.74) is 2.43. The molecule has 0 saturated heterocycles. The summed E-state index contributed by atoms with van der Waals surface area (Å²) in [5, 5.41) is 7.57. The number of hydrogen-bond donors (Lipinski definition) is 1. The molecule has 0 bridgehead atoms. The summed E-state index contributed by atoms with van der Waals surface area (Å²) in [4.78, 5) is 14.1. The van der Waals surface area contributed by atoms with Gasteiger partial charge in [0.2, 0.25) is 5.91 Å². The number of aryl methyl sites for hydroxylation is 2. The Bertz CT molecular complexity index is 876. The molecule has 5 nitrogen and oxygen atoms in total. The molecule has 0 atom stereocenters. The molecule has 0 spiro atoms. The van der Waals surface area contributed by atoms with Gasteiger partial charge in [0, 0.05) is 37.7 Å². The number of aromatic nitrogens is 2. The highest BCUT2D eigenvalue weighted by Crippen LogP contribution is 2.26. The Morgan fingerprint density at radius 3 is 2.82 bits per heavy atom. The van der Waals surface area contributed by atoms with E-state index in [-0.39, 0.29) is 23.9 Å². The third-order valence-electron chi connectivity index (χ3n) is 5.82. The molecule has 1 N–H and O–H groups in total. The smallest absolute Gasteiger partial charge is 0.223 e. The lowest BCUT2D eigenvalue weighted by atomic mass is 9.85. The topological polar surface area (TPSA) is 50.2 Å². The maximum absolute atomic E-state index is 14.4. The summed E-state index contributed by atoms with van der Waals surface area (Å²) < 4.78 is 30.5. The van der Waals surface area contributed by atoms with Crippen LogP contribution < -0.4 is 5.32 Å². The largest absolute Gasteiger partial charge is 0.350 e. The van der Waals surface area contributed by atoms with E-state index in [1.54, 1.807) is 6.92 Å². The summed E-state index contributed by atoms with van der Waals surface area (Å²) in [7, 11) is 0. The predicted molar refractivity (Wildman–Crippen MR) is 101 cm³/mol. The van der Waals surface area contributed by atoms with Gasteiger partial charge >= 0.3 is 0 Å². The van der Waals surface area contributed by atoms with Crippen molar-refractivity contribution in [3.8, 4) is 0 Å². The number of amides is 1. The van der Waals surface area contributed by atoms with Crippen LogP contribution in [0.1, 0.15) is 48.2 Å². The molecule has 1 amide bonds. The lowest BCUT2D eigenvalue weighted by Gasteiger charge is -2.23. The SMILES string of the molecule is Cc1ccc(F)c(CN2CCCn3nc(CNC(=O)C4CCC4)cc3C2)c1F. The van der Waals surface area contributed by atoms with Crippen LogP contribution in [0, 0.1) is 24.5 Å². The standard InChI is InChI=1S/C21H26F2N4O/c1-14-6-7-19(22)18(20(14)23)13-26-8-3-9-27-17(12-26)10-16(25-27)11-24-21(28)15-4-2-5-15/h6-7,10,15H,2-5,8-9,11-13H2,1H3,(H,24,28). The van der Waals surface area contributed by atoms with E-state index in [1.165, 1.54) is 12.1 Å². The van der Waals surface area contributed by atoms with Gasteiger partial charge in [0.05, 0.1) is 17.9 Å². The summed E-state index contributed by atoms with van der Waals surface area (Å²) >= 11 is 0. The monoisotopic (exact) mass is 388 g/mol. The average Bonchev–Trinajstić information content (AvgIpc) is 2.90. The fraction of sp³-hybridized carbons (Fsp3) is 0.524. The van der Waals surface area contributed by atoms with Gasteiger partial charge in [-0.05, 0) is 43.9 Å². The molecule has 4 rings (SSSR count).